The van der Waals surface area contributed by atoms with E-state index < -0.39 is 0 Å². The summed E-state index contributed by atoms with van der Waals surface area (Å²) in [6.07, 6.45) is 0.320. The molecule has 0 amide bonds. The molecule has 0 radical (unpaired) electrons. The smallest absolute Gasteiger partial charge is 0.121 e. The van der Waals surface area contributed by atoms with Crippen molar-refractivity contribution in [3.63, 3.8) is 0 Å². The van der Waals surface area contributed by atoms with Crippen LogP contribution < -0.4 is 0 Å². The van der Waals surface area contributed by atoms with Crippen molar-refractivity contribution in [2.75, 3.05) is 0 Å². The number of rotatable bonds is 1. The first kappa shape index (κ1) is 10.1. The second-order valence-corrected chi connectivity index (χ2v) is 3.82. The molecule has 1 aromatic carbocycles. The molecule has 1 rings (SSSR count). The summed E-state index contributed by atoms with van der Waals surface area (Å²) in [5.41, 5.74) is 2.48. The maximum absolute atomic E-state index is 9.61. The molecular formula is C10H10BrNO. The van der Waals surface area contributed by atoms with E-state index in [1.165, 1.54) is 0 Å². The number of benzene rings is 1. The topological polar surface area (TPSA) is 44.0 Å². The number of hydrogen-bond donors (Lipinski definition) is 1. The van der Waals surface area contributed by atoms with Crippen molar-refractivity contribution < 1.29 is 5.11 Å². The maximum atomic E-state index is 9.61. The van der Waals surface area contributed by atoms with E-state index in [1.54, 1.807) is 0 Å². The van der Waals surface area contributed by atoms with E-state index in [1.807, 2.05) is 19.9 Å². The second-order valence-electron chi connectivity index (χ2n) is 2.96. The van der Waals surface area contributed by atoms with Gasteiger partial charge in [-0.2, -0.15) is 5.26 Å². The van der Waals surface area contributed by atoms with Gasteiger partial charge in [-0.15, -0.1) is 0 Å². The number of aromatic hydroxyl groups is 1. The van der Waals surface area contributed by atoms with Crippen LogP contribution >= 0.6 is 15.9 Å². The molecular weight excluding hydrogens is 230 g/mol. The van der Waals surface area contributed by atoms with Crippen LogP contribution in [0.2, 0.25) is 0 Å². The van der Waals surface area contributed by atoms with Gasteiger partial charge in [0.15, 0.2) is 0 Å². The highest BCUT2D eigenvalue weighted by Gasteiger charge is 2.10. The van der Waals surface area contributed by atoms with E-state index in [4.69, 9.17) is 5.26 Å². The highest BCUT2D eigenvalue weighted by atomic mass is 79.9. The molecule has 1 N–H and O–H groups in total. The van der Waals surface area contributed by atoms with Crippen molar-refractivity contribution in [3.05, 3.63) is 27.2 Å². The van der Waals surface area contributed by atoms with Crippen LogP contribution in [0.15, 0.2) is 10.5 Å². The van der Waals surface area contributed by atoms with E-state index in [9.17, 15) is 5.11 Å². The van der Waals surface area contributed by atoms with E-state index in [0.717, 1.165) is 21.2 Å². The first-order valence-electron chi connectivity index (χ1n) is 3.92. The number of aryl methyl sites for hydroxylation is 1. The summed E-state index contributed by atoms with van der Waals surface area (Å²) >= 11 is 3.37. The summed E-state index contributed by atoms with van der Waals surface area (Å²) in [7, 11) is 0. The lowest BCUT2D eigenvalue weighted by molar-refractivity contribution is 0.466. The number of nitrogens with zero attached hydrogens (tertiary/aromatic N) is 1. The van der Waals surface area contributed by atoms with Gasteiger partial charge >= 0.3 is 0 Å². The van der Waals surface area contributed by atoms with Crippen LogP contribution in [0.3, 0.4) is 0 Å². The highest BCUT2D eigenvalue weighted by Crippen LogP contribution is 2.31. The summed E-state index contributed by atoms with van der Waals surface area (Å²) in [5, 5.41) is 18.2. The van der Waals surface area contributed by atoms with E-state index >= 15 is 0 Å². The number of phenolic OH excluding ortho intramolecular Hbond substituents is 1. The van der Waals surface area contributed by atoms with E-state index in [-0.39, 0.29) is 5.75 Å². The van der Waals surface area contributed by atoms with Gasteiger partial charge in [-0.3, -0.25) is 0 Å². The Labute approximate surface area is 85.9 Å². The normalized spacial score (nSPS) is 9.69. The zero-order valence-corrected chi connectivity index (χ0v) is 9.14. The third kappa shape index (κ3) is 1.84. The Morgan fingerprint density at radius 3 is 2.69 bits per heavy atom. The molecule has 0 aromatic heterocycles. The molecule has 13 heavy (non-hydrogen) atoms. The number of hydrogen-bond acceptors (Lipinski definition) is 2. The molecule has 1 aromatic rings. The number of phenols is 1. The lowest BCUT2D eigenvalue weighted by Gasteiger charge is -2.09. The van der Waals surface area contributed by atoms with Crippen molar-refractivity contribution in [2.45, 2.75) is 20.3 Å². The summed E-state index contributed by atoms with van der Waals surface area (Å²) in [6.45, 7) is 3.66. The van der Waals surface area contributed by atoms with Gasteiger partial charge in [-0.25, -0.2) is 0 Å². The minimum absolute atomic E-state index is 0.286. The van der Waals surface area contributed by atoms with Gasteiger partial charge in [0, 0.05) is 4.47 Å². The van der Waals surface area contributed by atoms with Gasteiger partial charge in [-0.05, 0) is 36.6 Å². The van der Waals surface area contributed by atoms with Crippen molar-refractivity contribution in [2.24, 2.45) is 0 Å². The molecule has 0 saturated heterocycles. The Morgan fingerprint density at radius 1 is 1.54 bits per heavy atom. The maximum Gasteiger partial charge on any atom is 0.121 e. The lowest BCUT2D eigenvalue weighted by atomic mass is 10.0. The quantitative estimate of drug-likeness (QED) is 0.820. The summed E-state index contributed by atoms with van der Waals surface area (Å²) in [5.74, 6) is 0.286. The SMILES string of the molecule is Cc1cc(Br)c(CC#N)c(C)c1O. The Bertz CT molecular complexity index is 379. The molecule has 0 heterocycles. The molecule has 0 aliphatic heterocycles. The minimum atomic E-state index is 0.286. The molecule has 0 fully saturated rings. The van der Waals surface area contributed by atoms with Gasteiger partial charge < -0.3 is 5.11 Å². The lowest BCUT2D eigenvalue weighted by Crippen LogP contribution is -1.92. The van der Waals surface area contributed by atoms with Gasteiger partial charge in [0.2, 0.25) is 0 Å². The highest BCUT2D eigenvalue weighted by molar-refractivity contribution is 9.10. The Kier molecular flexibility index (Phi) is 2.94. The van der Waals surface area contributed by atoms with Crippen molar-refractivity contribution in [3.8, 4) is 11.8 Å². The van der Waals surface area contributed by atoms with Gasteiger partial charge in [0.25, 0.3) is 0 Å². The first-order chi connectivity index (χ1) is 6.07. The molecule has 0 bridgehead atoms. The molecule has 0 atom stereocenters. The molecule has 0 unspecified atom stereocenters. The predicted octanol–water partition coefficient (Wildman–Crippen LogP) is 2.84. The third-order valence-electron chi connectivity index (χ3n) is 2.07. The fourth-order valence-electron chi connectivity index (χ4n) is 1.26. The standard InChI is InChI=1S/C10H10BrNO/c1-6-5-9(11)8(3-4-12)7(2)10(6)13/h5,13H,3H2,1-2H3. The van der Waals surface area contributed by atoms with Gasteiger partial charge in [-0.1, -0.05) is 15.9 Å². The molecule has 0 aliphatic carbocycles. The molecule has 3 heteroatoms. The van der Waals surface area contributed by atoms with Crippen LogP contribution in [0.25, 0.3) is 0 Å². The molecule has 0 spiro atoms. The van der Waals surface area contributed by atoms with Gasteiger partial charge in [0.05, 0.1) is 12.5 Å². The van der Waals surface area contributed by atoms with Crippen LogP contribution in [-0.4, -0.2) is 5.11 Å². The number of halogens is 1. The summed E-state index contributed by atoms with van der Waals surface area (Å²) in [4.78, 5) is 0. The van der Waals surface area contributed by atoms with Crippen molar-refractivity contribution in [1.82, 2.24) is 0 Å². The van der Waals surface area contributed by atoms with E-state index in [2.05, 4.69) is 22.0 Å². The van der Waals surface area contributed by atoms with Crippen molar-refractivity contribution in [1.29, 1.82) is 5.26 Å². The van der Waals surface area contributed by atoms with Crippen LogP contribution in [0.1, 0.15) is 16.7 Å². The molecule has 0 aliphatic rings. The van der Waals surface area contributed by atoms with Crippen LogP contribution in [-0.2, 0) is 6.42 Å². The van der Waals surface area contributed by atoms with Crippen molar-refractivity contribution >= 4 is 15.9 Å². The Balaban J connectivity index is 3.36. The summed E-state index contributed by atoms with van der Waals surface area (Å²) < 4.78 is 0.891. The average Bonchev–Trinajstić information content (AvgIpc) is 2.09. The molecule has 2 nitrogen and oxygen atoms in total. The third-order valence-corrected chi connectivity index (χ3v) is 2.78. The van der Waals surface area contributed by atoms with Crippen LogP contribution in [0.4, 0.5) is 0 Å². The van der Waals surface area contributed by atoms with Gasteiger partial charge in [0.1, 0.15) is 5.75 Å². The zero-order chi connectivity index (χ0) is 10.0. The fourth-order valence-corrected chi connectivity index (χ4v) is 2.04. The second kappa shape index (κ2) is 3.80. The summed E-state index contributed by atoms with van der Waals surface area (Å²) in [6, 6.07) is 3.90. The molecule has 0 saturated carbocycles. The minimum Gasteiger partial charge on any atom is -0.507 e. The first-order valence-corrected chi connectivity index (χ1v) is 4.71. The predicted molar refractivity (Wildman–Crippen MR) is 54.6 cm³/mol. The zero-order valence-electron chi connectivity index (χ0n) is 7.56. The Morgan fingerprint density at radius 2 is 2.15 bits per heavy atom. The fraction of sp³-hybridized carbons (Fsp3) is 0.300. The monoisotopic (exact) mass is 239 g/mol. The average molecular weight is 240 g/mol. The number of nitriles is 1. The Hall–Kier alpha value is -1.01. The van der Waals surface area contributed by atoms with Crippen LogP contribution in [0, 0.1) is 25.2 Å². The van der Waals surface area contributed by atoms with Crippen LogP contribution in [0.5, 0.6) is 5.75 Å². The molecule has 68 valence electrons. The largest absolute Gasteiger partial charge is 0.507 e. The van der Waals surface area contributed by atoms with E-state index in [0.29, 0.717) is 6.42 Å².